The molecule has 9 heteroatoms. The molecule has 0 saturated heterocycles. The number of carbonyl (C=O) groups excluding carboxylic acids is 1. The van der Waals surface area contributed by atoms with E-state index in [1.165, 1.54) is 36.8 Å². The molecule has 2 aromatic heterocycles. The van der Waals surface area contributed by atoms with Crippen molar-refractivity contribution in [2.75, 3.05) is 37.5 Å². The Hall–Kier alpha value is -3.23. The number of halogens is 1. The van der Waals surface area contributed by atoms with E-state index < -0.39 is 5.82 Å². The number of aromatic nitrogens is 4. The highest BCUT2D eigenvalue weighted by molar-refractivity contribution is 5.97. The Bertz CT molecular complexity index is 913. The Morgan fingerprint density at radius 1 is 1.28 bits per heavy atom. The number of imidazole rings is 1. The molecule has 1 amide bonds. The minimum absolute atomic E-state index is 0.0509. The lowest BCUT2D eigenvalue weighted by atomic mass is 10.2. The third-order valence-corrected chi connectivity index (χ3v) is 3.83. The van der Waals surface area contributed by atoms with Crippen LogP contribution in [0.5, 0.6) is 5.75 Å². The number of rotatable bonds is 5. The first-order chi connectivity index (χ1) is 12.0. The van der Waals surface area contributed by atoms with Crippen LogP contribution in [0.4, 0.5) is 15.9 Å². The van der Waals surface area contributed by atoms with E-state index in [1.54, 1.807) is 25.1 Å². The number of hydrogen-bond acceptors (Lipinski definition) is 6. The molecule has 0 saturated carbocycles. The number of fused-ring (bicyclic) bond motifs is 1. The summed E-state index contributed by atoms with van der Waals surface area (Å²) in [4.78, 5) is 30.9. The Morgan fingerprint density at radius 2 is 2.08 bits per heavy atom. The van der Waals surface area contributed by atoms with E-state index in [0.29, 0.717) is 22.7 Å². The molecular formula is C16H17FN6O2. The van der Waals surface area contributed by atoms with E-state index >= 15 is 0 Å². The van der Waals surface area contributed by atoms with Gasteiger partial charge < -0.3 is 19.5 Å². The van der Waals surface area contributed by atoms with Gasteiger partial charge in [0.2, 0.25) is 5.91 Å². The molecule has 8 nitrogen and oxygen atoms in total. The highest BCUT2D eigenvalue weighted by Crippen LogP contribution is 2.23. The normalized spacial score (nSPS) is 10.7. The van der Waals surface area contributed by atoms with Gasteiger partial charge in [0, 0.05) is 25.8 Å². The largest absolute Gasteiger partial charge is 0.494 e. The van der Waals surface area contributed by atoms with Crippen LogP contribution in [0.2, 0.25) is 0 Å². The maximum atomic E-state index is 13.8. The van der Waals surface area contributed by atoms with E-state index in [0.717, 1.165) is 0 Å². The van der Waals surface area contributed by atoms with Crippen LogP contribution in [0.3, 0.4) is 0 Å². The van der Waals surface area contributed by atoms with Gasteiger partial charge in [0.25, 0.3) is 0 Å². The number of H-pyrrole nitrogens is 1. The van der Waals surface area contributed by atoms with E-state index in [2.05, 4.69) is 19.9 Å². The predicted octanol–water partition coefficient (Wildman–Crippen LogP) is 1.60. The second-order valence-electron chi connectivity index (χ2n) is 5.43. The SMILES string of the molecule is COc1ccc(N(C)C(=O)CN(C)c2ncnc3nc[nH]c23)cc1F. The third kappa shape index (κ3) is 3.21. The molecule has 0 aliphatic rings. The number of ether oxygens (including phenoxy) is 1. The van der Waals surface area contributed by atoms with Crippen LogP contribution in [0.15, 0.2) is 30.9 Å². The second kappa shape index (κ2) is 6.71. The topological polar surface area (TPSA) is 87.2 Å². The van der Waals surface area contributed by atoms with E-state index in [1.807, 2.05) is 0 Å². The summed E-state index contributed by atoms with van der Waals surface area (Å²) in [7, 11) is 4.71. The minimum Gasteiger partial charge on any atom is -0.494 e. The molecule has 0 aliphatic heterocycles. The molecule has 130 valence electrons. The molecule has 0 aliphatic carbocycles. The van der Waals surface area contributed by atoms with Gasteiger partial charge in [0.05, 0.1) is 20.0 Å². The number of likely N-dealkylation sites (N-methyl/N-ethyl adjacent to an activating group) is 2. The summed E-state index contributed by atoms with van der Waals surface area (Å²) in [5.74, 6) is -0.0594. The minimum atomic E-state index is -0.525. The van der Waals surface area contributed by atoms with Gasteiger partial charge in [-0.25, -0.2) is 19.3 Å². The number of nitrogens with zero attached hydrogens (tertiary/aromatic N) is 5. The lowest BCUT2D eigenvalue weighted by Gasteiger charge is -2.23. The summed E-state index contributed by atoms with van der Waals surface area (Å²) in [6, 6.07) is 4.36. The molecular weight excluding hydrogens is 327 g/mol. The summed E-state index contributed by atoms with van der Waals surface area (Å²) < 4.78 is 18.7. The quantitative estimate of drug-likeness (QED) is 0.756. The molecule has 2 heterocycles. The molecule has 1 aromatic carbocycles. The van der Waals surface area contributed by atoms with Crippen LogP contribution in [0.25, 0.3) is 11.2 Å². The molecule has 0 fully saturated rings. The average molecular weight is 344 g/mol. The van der Waals surface area contributed by atoms with Gasteiger partial charge in [-0.2, -0.15) is 0 Å². The zero-order valence-corrected chi connectivity index (χ0v) is 14.0. The van der Waals surface area contributed by atoms with Crippen LogP contribution in [-0.2, 0) is 4.79 Å². The van der Waals surface area contributed by atoms with Crippen molar-refractivity contribution in [1.82, 2.24) is 19.9 Å². The fourth-order valence-electron chi connectivity index (χ4n) is 2.43. The Morgan fingerprint density at radius 3 is 2.80 bits per heavy atom. The molecule has 3 rings (SSSR count). The number of carbonyl (C=O) groups is 1. The van der Waals surface area contributed by atoms with E-state index in [4.69, 9.17) is 4.74 Å². The number of methoxy groups -OCH3 is 1. The molecule has 0 unspecified atom stereocenters. The predicted molar refractivity (Wildman–Crippen MR) is 91.3 cm³/mol. The maximum absolute atomic E-state index is 13.8. The van der Waals surface area contributed by atoms with Crippen LogP contribution in [0, 0.1) is 5.82 Å². The van der Waals surface area contributed by atoms with Gasteiger partial charge in [0.15, 0.2) is 23.0 Å². The lowest BCUT2D eigenvalue weighted by molar-refractivity contribution is -0.117. The molecule has 0 atom stereocenters. The molecule has 25 heavy (non-hydrogen) atoms. The van der Waals surface area contributed by atoms with Gasteiger partial charge in [-0.3, -0.25) is 4.79 Å². The number of benzene rings is 1. The summed E-state index contributed by atoms with van der Waals surface area (Å²) in [5.41, 5.74) is 1.61. The number of anilines is 2. The maximum Gasteiger partial charge on any atom is 0.246 e. The first-order valence-electron chi connectivity index (χ1n) is 7.46. The lowest BCUT2D eigenvalue weighted by Crippen LogP contribution is -2.37. The van der Waals surface area contributed by atoms with Gasteiger partial charge in [0.1, 0.15) is 11.8 Å². The van der Waals surface area contributed by atoms with Crippen molar-refractivity contribution in [3.05, 3.63) is 36.7 Å². The van der Waals surface area contributed by atoms with Gasteiger partial charge in [-0.05, 0) is 12.1 Å². The van der Waals surface area contributed by atoms with E-state index in [9.17, 15) is 9.18 Å². The first-order valence-corrected chi connectivity index (χ1v) is 7.46. The van der Waals surface area contributed by atoms with Gasteiger partial charge in [-0.15, -0.1) is 0 Å². The zero-order valence-electron chi connectivity index (χ0n) is 14.0. The summed E-state index contributed by atoms with van der Waals surface area (Å²) >= 11 is 0. The smallest absolute Gasteiger partial charge is 0.246 e. The van der Waals surface area contributed by atoms with Gasteiger partial charge in [-0.1, -0.05) is 0 Å². The molecule has 1 N–H and O–H groups in total. The monoisotopic (exact) mass is 344 g/mol. The highest BCUT2D eigenvalue weighted by atomic mass is 19.1. The number of amides is 1. The van der Waals surface area contributed by atoms with E-state index in [-0.39, 0.29) is 18.2 Å². The Balaban J connectivity index is 1.77. The molecule has 3 aromatic rings. The molecule has 0 bridgehead atoms. The van der Waals surface area contributed by atoms with Crippen molar-refractivity contribution in [3.8, 4) is 5.75 Å². The standard InChI is InChI=1S/C16H17FN6O2/c1-22(16-14-15(19-8-18-14)20-9-21-16)7-13(24)23(2)10-4-5-12(25-3)11(17)6-10/h4-6,8-9H,7H2,1-3H3,(H,18,19,20,21). The van der Waals surface area contributed by atoms with Crippen LogP contribution in [0.1, 0.15) is 0 Å². The van der Waals surface area contributed by atoms with Crippen LogP contribution in [-0.4, -0.2) is 53.6 Å². The summed E-state index contributed by atoms with van der Waals surface area (Å²) in [6.45, 7) is 0.0509. The fourth-order valence-corrected chi connectivity index (χ4v) is 2.43. The van der Waals surface area contributed by atoms with Crippen LogP contribution >= 0.6 is 0 Å². The Labute approximate surface area is 143 Å². The fraction of sp³-hybridized carbons (Fsp3) is 0.250. The van der Waals surface area contributed by atoms with Crippen molar-refractivity contribution in [2.45, 2.75) is 0 Å². The molecule has 0 spiro atoms. The van der Waals surface area contributed by atoms with Crippen molar-refractivity contribution in [1.29, 1.82) is 0 Å². The van der Waals surface area contributed by atoms with Crippen molar-refractivity contribution in [2.24, 2.45) is 0 Å². The highest BCUT2D eigenvalue weighted by Gasteiger charge is 2.18. The van der Waals surface area contributed by atoms with Crippen molar-refractivity contribution in [3.63, 3.8) is 0 Å². The second-order valence-corrected chi connectivity index (χ2v) is 5.43. The van der Waals surface area contributed by atoms with Crippen molar-refractivity contribution < 1.29 is 13.9 Å². The third-order valence-electron chi connectivity index (χ3n) is 3.83. The van der Waals surface area contributed by atoms with Crippen molar-refractivity contribution >= 4 is 28.6 Å². The first kappa shape index (κ1) is 16.6. The number of nitrogens with one attached hydrogen (secondary N) is 1. The zero-order chi connectivity index (χ0) is 18.0. The molecule has 0 radical (unpaired) electrons. The number of aromatic amines is 1. The number of hydrogen-bond donors (Lipinski definition) is 1. The average Bonchev–Trinajstić information content (AvgIpc) is 3.09. The Kier molecular flexibility index (Phi) is 4.46. The van der Waals surface area contributed by atoms with Crippen LogP contribution < -0.4 is 14.5 Å². The summed E-state index contributed by atoms with van der Waals surface area (Å²) in [5, 5.41) is 0. The summed E-state index contributed by atoms with van der Waals surface area (Å²) in [6.07, 6.45) is 2.91. The van der Waals surface area contributed by atoms with Gasteiger partial charge >= 0.3 is 0 Å².